The third kappa shape index (κ3) is 6.36. The van der Waals surface area contributed by atoms with Crippen LogP contribution in [-0.2, 0) is 4.79 Å². The Bertz CT molecular complexity index is 806. The van der Waals surface area contributed by atoms with Crippen molar-refractivity contribution in [2.75, 3.05) is 0 Å². The van der Waals surface area contributed by atoms with Gasteiger partial charge in [-0.1, -0.05) is 103 Å². The first kappa shape index (κ1) is 30.0. The summed E-state index contributed by atoms with van der Waals surface area (Å²) in [5, 5.41) is 0.370. The Morgan fingerprint density at radius 2 is 1.78 bits per heavy atom. The quantitative estimate of drug-likeness (QED) is 0.145. The summed E-state index contributed by atoms with van der Waals surface area (Å²) in [4.78, 5) is 12.8. The molecule has 3 fully saturated rings. The van der Waals surface area contributed by atoms with E-state index in [4.69, 9.17) is 11.6 Å². The number of fused-ring (bicyclic) bond motifs is 5. The Kier molecular flexibility index (Phi) is 10.3. The van der Waals surface area contributed by atoms with Crippen LogP contribution in [0, 0.1) is 46.3 Å². The van der Waals surface area contributed by atoms with Crippen molar-refractivity contribution in [3.05, 3.63) is 11.6 Å². The fourth-order valence-corrected chi connectivity index (χ4v) is 11.1. The lowest BCUT2D eigenvalue weighted by Gasteiger charge is -2.58. The van der Waals surface area contributed by atoms with E-state index in [9.17, 15) is 4.79 Å². The smallest absolute Gasteiger partial charge is 0.207 e. The van der Waals surface area contributed by atoms with Gasteiger partial charge in [-0.25, -0.2) is 0 Å². The average Bonchev–Trinajstić information content (AvgIpc) is 3.21. The number of allylic oxidation sites excluding steroid dienone is 2. The number of rotatable bonds is 11. The molecule has 0 aromatic rings. The first-order chi connectivity index (χ1) is 17.6. The summed E-state index contributed by atoms with van der Waals surface area (Å²) >= 11 is 8.08. The predicted octanol–water partition coefficient (Wildman–Crippen LogP) is 10.8. The second-order valence-corrected chi connectivity index (χ2v) is 16.4. The summed E-state index contributed by atoms with van der Waals surface area (Å²) in [6.45, 7) is 14.8. The normalized spacial score (nSPS) is 38.9. The molecule has 0 aromatic heterocycles. The van der Waals surface area contributed by atoms with Gasteiger partial charge < -0.3 is 0 Å². The van der Waals surface area contributed by atoms with Crippen molar-refractivity contribution < 1.29 is 4.79 Å². The third-order valence-corrected chi connectivity index (χ3v) is 13.7. The molecule has 4 aliphatic carbocycles. The summed E-state index contributed by atoms with van der Waals surface area (Å²) in [6, 6.07) is 0. The van der Waals surface area contributed by atoms with Crippen LogP contribution in [0.5, 0.6) is 0 Å². The standard InChI is InChI=1S/C34H57ClOS/c1-7-8-9-13-31(35)32(36)37-26-18-20-33(5)25(22-26)14-15-27-29-17-16-28(24(4)12-10-11-23(2)3)34(29,6)21-19-30(27)33/h14,23-24,26-31H,7-13,15-22H2,1-6H3/t24-,26-,27+,28-,29+,30+,31+,33-,34+/m0/s1. The topological polar surface area (TPSA) is 17.1 Å². The highest BCUT2D eigenvalue weighted by Crippen LogP contribution is 2.67. The van der Waals surface area contributed by atoms with Crippen molar-refractivity contribution in [2.24, 2.45) is 46.3 Å². The Hall–Kier alpha value is 0.0500. The van der Waals surface area contributed by atoms with Crippen LogP contribution >= 0.6 is 23.4 Å². The second kappa shape index (κ2) is 12.7. The van der Waals surface area contributed by atoms with Gasteiger partial charge in [-0.3, -0.25) is 4.79 Å². The molecule has 37 heavy (non-hydrogen) atoms. The van der Waals surface area contributed by atoms with Gasteiger partial charge in [0.05, 0.1) is 0 Å². The lowest BCUT2D eigenvalue weighted by molar-refractivity contribution is -0.110. The monoisotopic (exact) mass is 548 g/mol. The molecular formula is C34H57ClOS. The first-order valence-corrected chi connectivity index (χ1v) is 17.5. The zero-order valence-electron chi connectivity index (χ0n) is 25.0. The van der Waals surface area contributed by atoms with Gasteiger partial charge in [0.1, 0.15) is 5.38 Å². The third-order valence-electron chi connectivity index (χ3n) is 11.9. The molecule has 0 N–H and O–H groups in total. The van der Waals surface area contributed by atoms with E-state index in [2.05, 4.69) is 47.6 Å². The lowest BCUT2D eigenvalue weighted by Crippen LogP contribution is -2.50. The molecule has 0 unspecified atom stereocenters. The largest absolute Gasteiger partial charge is 0.286 e. The van der Waals surface area contributed by atoms with Gasteiger partial charge in [0.2, 0.25) is 5.12 Å². The van der Waals surface area contributed by atoms with Crippen LogP contribution in [0.2, 0.25) is 0 Å². The summed E-state index contributed by atoms with van der Waals surface area (Å²) in [5.74, 6) is 5.32. The number of halogens is 1. The number of thioether (sulfide) groups is 1. The van der Waals surface area contributed by atoms with Crippen LogP contribution in [0.4, 0.5) is 0 Å². The van der Waals surface area contributed by atoms with Gasteiger partial charge in [0, 0.05) is 5.25 Å². The minimum Gasteiger partial charge on any atom is -0.286 e. The molecule has 0 bridgehead atoms. The van der Waals surface area contributed by atoms with Gasteiger partial charge in [-0.15, -0.1) is 11.6 Å². The molecule has 3 saturated carbocycles. The van der Waals surface area contributed by atoms with Crippen molar-refractivity contribution in [1.82, 2.24) is 0 Å². The predicted molar refractivity (Wildman–Crippen MR) is 163 cm³/mol. The summed E-state index contributed by atoms with van der Waals surface area (Å²) in [6.07, 6.45) is 21.9. The van der Waals surface area contributed by atoms with Crippen LogP contribution in [0.15, 0.2) is 11.6 Å². The molecule has 4 aliphatic rings. The highest BCUT2D eigenvalue weighted by molar-refractivity contribution is 8.14. The van der Waals surface area contributed by atoms with E-state index in [1.165, 1.54) is 77.0 Å². The van der Waals surface area contributed by atoms with E-state index in [1.807, 2.05) is 0 Å². The fraction of sp³-hybridized carbons (Fsp3) is 0.912. The molecule has 0 aromatic carbocycles. The van der Waals surface area contributed by atoms with E-state index in [1.54, 1.807) is 17.3 Å². The molecule has 1 nitrogen and oxygen atoms in total. The average molecular weight is 549 g/mol. The molecule has 4 rings (SSSR count). The van der Waals surface area contributed by atoms with Crippen LogP contribution < -0.4 is 0 Å². The van der Waals surface area contributed by atoms with Crippen molar-refractivity contribution in [3.63, 3.8) is 0 Å². The summed E-state index contributed by atoms with van der Waals surface area (Å²) in [7, 11) is 0. The molecule has 0 radical (unpaired) electrons. The molecule has 0 heterocycles. The van der Waals surface area contributed by atoms with Crippen LogP contribution in [0.25, 0.3) is 0 Å². The number of hydrogen-bond donors (Lipinski definition) is 0. The highest BCUT2D eigenvalue weighted by Gasteiger charge is 2.59. The summed E-state index contributed by atoms with van der Waals surface area (Å²) < 4.78 is 0. The fourth-order valence-electron chi connectivity index (χ4n) is 9.68. The zero-order chi connectivity index (χ0) is 26.8. The van der Waals surface area contributed by atoms with Gasteiger partial charge in [-0.05, 0) is 104 Å². The molecule has 0 amide bonds. The Balaban J connectivity index is 1.38. The van der Waals surface area contributed by atoms with E-state index >= 15 is 0 Å². The number of carbonyl (C=O) groups is 1. The van der Waals surface area contributed by atoms with Crippen LogP contribution in [0.1, 0.15) is 138 Å². The van der Waals surface area contributed by atoms with Gasteiger partial charge >= 0.3 is 0 Å². The lowest BCUT2D eigenvalue weighted by atomic mass is 9.47. The number of carbonyl (C=O) groups excluding carboxylic acids is 1. The Morgan fingerprint density at radius 3 is 2.51 bits per heavy atom. The molecule has 9 atom stereocenters. The van der Waals surface area contributed by atoms with E-state index < -0.39 is 0 Å². The molecule has 212 valence electrons. The molecule has 0 spiro atoms. The molecule has 0 aliphatic heterocycles. The van der Waals surface area contributed by atoms with Crippen molar-refractivity contribution in [3.8, 4) is 0 Å². The van der Waals surface area contributed by atoms with Gasteiger partial charge in [-0.2, -0.15) is 0 Å². The maximum absolute atomic E-state index is 12.8. The van der Waals surface area contributed by atoms with E-state index in [0.717, 1.165) is 54.8 Å². The summed E-state index contributed by atoms with van der Waals surface area (Å²) in [5.41, 5.74) is 2.63. The SMILES string of the molecule is CCCCC[C@@H](Cl)C(=O)S[C@H]1CC[C@@]2(C)C(=CC[C@@H]3[C@H]4CC[C@@H]([C@@H](C)CCCC(C)C)[C@@]4(C)CC[C@H]32)C1. The van der Waals surface area contributed by atoms with Crippen molar-refractivity contribution in [1.29, 1.82) is 0 Å². The van der Waals surface area contributed by atoms with Gasteiger partial charge in [0.25, 0.3) is 0 Å². The minimum absolute atomic E-state index is 0.230. The molecule has 3 heteroatoms. The first-order valence-electron chi connectivity index (χ1n) is 16.1. The van der Waals surface area contributed by atoms with E-state index in [0.29, 0.717) is 16.1 Å². The maximum Gasteiger partial charge on any atom is 0.207 e. The minimum atomic E-state index is -0.298. The van der Waals surface area contributed by atoms with Crippen LogP contribution in [0.3, 0.4) is 0 Å². The second-order valence-electron chi connectivity index (χ2n) is 14.6. The number of hydrogen-bond acceptors (Lipinski definition) is 2. The highest BCUT2D eigenvalue weighted by atomic mass is 35.5. The number of unbranched alkanes of at least 4 members (excludes halogenated alkanes) is 2. The van der Waals surface area contributed by atoms with Crippen molar-refractivity contribution in [2.45, 2.75) is 148 Å². The van der Waals surface area contributed by atoms with Gasteiger partial charge in [0.15, 0.2) is 0 Å². The molecule has 0 saturated heterocycles. The van der Waals surface area contributed by atoms with E-state index in [-0.39, 0.29) is 10.5 Å². The Labute approximate surface area is 239 Å². The maximum atomic E-state index is 12.8. The Morgan fingerprint density at radius 1 is 1.00 bits per heavy atom. The zero-order valence-corrected chi connectivity index (χ0v) is 26.6. The van der Waals surface area contributed by atoms with Crippen molar-refractivity contribution >= 4 is 28.5 Å². The van der Waals surface area contributed by atoms with Crippen LogP contribution in [-0.4, -0.2) is 15.7 Å². The molecular weight excluding hydrogens is 492 g/mol. The number of alkyl halides is 1.